The fourth-order valence-electron chi connectivity index (χ4n) is 1.75. The summed E-state index contributed by atoms with van der Waals surface area (Å²) in [6, 6.07) is 3.99. The Labute approximate surface area is 109 Å². The molecule has 18 heavy (non-hydrogen) atoms. The normalized spacial score (nSPS) is 11.0. The quantitative estimate of drug-likeness (QED) is 0.784. The number of rotatable bonds is 3. The van der Waals surface area contributed by atoms with E-state index >= 15 is 0 Å². The molecule has 3 heterocycles. The molecule has 1 N–H and O–H groups in total. The number of pyridine rings is 1. The fourth-order valence-corrected chi connectivity index (χ4v) is 2.46. The highest BCUT2D eigenvalue weighted by Gasteiger charge is 2.05. The summed E-state index contributed by atoms with van der Waals surface area (Å²) in [5.41, 5.74) is 3.05. The molecule has 0 saturated heterocycles. The summed E-state index contributed by atoms with van der Waals surface area (Å²) in [7, 11) is 0. The van der Waals surface area contributed by atoms with Crippen LogP contribution in [0.2, 0.25) is 0 Å². The van der Waals surface area contributed by atoms with Gasteiger partial charge in [0.05, 0.1) is 6.54 Å². The van der Waals surface area contributed by atoms with Crippen molar-refractivity contribution < 1.29 is 0 Å². The van der Waals surface area contributed by atoms with Crippen LogP contribution in [0.25, 0.3) is 5.65 Å². The first-order chi connectivity index (χ1) is 8.72. The smallest absolute Gasteiger partial charge is 0.243 e. The van der Waals surface area contributed by atoms with Crippen LogP contribution >= 0.6 is 11.3 Å². The molecule has 5 nitrogen and oxygen atoms in total. The molecule has 0 amide bonds. The Morgan fingerprint density at radius 1 is 1.33 bits per heavy atom. The van der Waals surface area contributed by atoms with Crippen molar-refractivity contribution in [3.8, 4) is 0 Å². The molecule has 0 fully saturated rings. The van der Waals surface area contributed by atoms with Crippen molar-refractivity contribution in [3.63, 3.8) is 0 Å². The number of fused-ring (bicyclic) bond motifs is 1. The maximum absolute atomic E-state index is 4.45. The van der Waals surface area contributed by atoms with Gasteiger partial charge in [0.15, 0.2) is 5.65 Å². The second kappa shape index (κ2) is 4.38. The number of aromatic nitrogens is 4. The third kappa shape index (κ3) is 2.06. The summed E-state index contributed by atoms with van der Waals surface area (Å²) in [5.74, 6) is 0.636. The van der Waals surface area contributed by atoms with Gasteiger partial charge in [-0.2, -0.15) is 4.98 Å². The van der Waals surface area contributed by atoms with Gasteiger partial charge in [0.2, 0.25) is 5.95 Å². The lowest BCUT2D eigenvalue weighted by Gasteiger charge is -1.96. The fraction of sp³-hybridized carbons (Fsp3) is 0.250. The number of hydrogen-bond acceptors (Lipinski definition) is 5. The van der Waals surface area contributed by atoms with Crippen molar-refractivity contribution in [2.45, 2.75) is 20.4 Å². The molecule has 0 spiro atoms. The average molecular weight is 259 g/mol. The first-order valence-corrected chi connectivity index (χ1v) is 6.57. The Bertz CT molecular complexity index is 685. The highest BCUT2D eigenvalue weighted by Crippen LogP contribution is 2.12. The lowest BCUT2D eigenvalue weighted by atomic mass is 10.3. The molecular formula is C12H13N5S. The van der Waals surface area contributed by atoms with Gasteiger partial charge in [-0.05, 0) is 25.5 Å². The molecule has 0 aromatic carbocycles. The Morgan fingerprint density at radius 2 is 2.22 bits per heavy atom. The van der Waals surface area contributed by atoms with Crippen LogP contribution in [0.3, 0.4) is 0 Å². The van der Waals surface area contributed by atoms with E-state index < -0.39 is 0 Å². The Hall–Kier alpha value is -1.95. The van der Waals surface area contributed by atoms with Gasteiger partial charge in [0.1, 0.15) is 5.01 Å². The van der Waals surface area contributed by atoms with E-state index in [2.05, 4.69) is 20.4 Å². The second-order valence-corrected chi connectivity index (χ2v) is 5.07. The summed E-state index contributed by atoms with van der Waals surface area (Å²) in [6.07, 6.45) is 1.90. The predicted molar refractivity (Wildman–Crippen MR) is 71.9 cm³/mol. The van der Waals surface area contributed by atoms with Crippen LogP contribution in [0.4, 0.5) is 5.95 Å². The summed E-state index contributed by atoms with van der Waals surface area (Å²) in [6.45, 7) is 4.68. The second-order valence-electron chi connectivity index (χ2n) is 4.13. The molecule has 6 heteroatoms. The van der Waals surface area contributed by atoms with Crippen LogP contribution in [0.15, 0.2) is 23.7 Å². The maximum Gasteiger partial charge on any atom is 0.243 e. The van der Waals surface area contributed by atoms with Gasteiger partial charge in [-0.25, -0.2) is 9.50 Å². The molecular weight excluding hydrogens is 246 g/mol. The van der Waals surface area contributed by atoms with E-state index in [1.165, 1.54) is 0 Å². The zero-order valence-corrected chi connectivity index (χ0v) is 11.0. The van der Waals surface area contributed by atoms with Gasteiger partial charge in [0.25, 0.3) is 0 Å². The number of thiazole rings is 1. The molecule has 92 valence electrons. The molecule has 3 aromatic heterocycles. The van der Waals surface area contributed by atoms with Crippen molar-refractivity contribution in [3.05, 3.63) is 40.0 Å². The minimum Gasteiger partial charge on any atom is -0.346 e. The number of anilines is 1. The van der Waals surface area contributed by atoms with Crippen LogP contribution in [0, 0.1) is 13.8 Å². The molecule has 3 rings (SSSR count). The van der Waals surface area contributed by atoms with Gasteiger partial charge in [-0.1, -0.05) is 6.07 Å². The third-order valence-electron chi connectivity index (χ3n) is 2.62. The maximum atomic E-state index is 4.45. The van der Waals surface area contributed by atoms with Crippen LogP contribution in [0.5, 0.6) is 0 Å². The Morgan fingerprint density at radius 3 is 2.94 bits per heavy atom. The topological polar surface area (TPSA) is 55.1 Å². The summed E-state index contributed by atoms with van der Waals surface area (Å²) >= 11 is 1.64. The standard InChI is InChI=1S/C12H13N5S/c1-8-4-3-5-17-11(8)15-12(16-17)13-6-10-14-9(2)7-18-10/h3-5,7H,6H2,1-2H3,(H,13,16). The van der Waals surface area contributed by atoms with Gasteiger partial charge in [0, 0.05) is 17.3 Å². The van der Waals surface area contributed by atoms with Crippen LogP contribution in [-0.2, 0) is 6.54 Å². The number of nitrogens with zero attached hydrogens (tertiary/aromatic N) is 4. The minimum atomic E-state index is 0.636. The van der Waals surface area contributed by atoms with Crippen LogP contribution in [-0.4, -0.2) is 19.6 Å². The van der Waals surface area contributed by atoms with Crippen molar-refractivity contribution >= 4 is 22.9 Å². The third-order valence-corrected chi connectivity index (χ3v) is 3.59. The van der Waals surface area contributed by atoms with Gasteiger partial charge in [-0.15, -0.1) is 16.4 Å². The molecule has 0 unspecified atom stereocenters. The molecule has 0 radical (unpaired) electrons. The van der Waals surface area contributed by atoms with Gasteiger partial charge >= 0.3 is 0 Å². The van der Waals surface area contributed by atoms with Crippen molar-refractivity contribution in [1.29, 1.82) is 0 Å². The van der Waals surface area contributed by atoms with E-state index in [-0.39, 0.29) is 0 Å². The molecule has 0 aliphatic carbocycles. The monoisotopic (exact) mass is 259 g/mol. The summed E-state index contributed by atoms with van der Waals surface area (Å²) < 4.78 is 1.78. The number of nitrogens with one attached hydrogen (secondary N) is 1. The lowest BCUT2D eigenvalue weighted by Crippen LogP contribution is -2.00. The SMILES string of the molecule is Cc1csc(CNc2nc3c(C)cccn3n2)n1. The predicted octanol–water partition coefficient (Wildman–Crippen LogP) is 2.41. The molecule has 0 aliphatic heterocycles. The van der Waals surface area contributed by atoms with E-state index in [4.69, 9.17) is 0 Å². The highest BCUT2D eigenvalue weighted by atomic mass is 32.1. The number of hydrogen-bond donors (Lipinski definition) is 1. The molecule has 0 bridgehead atoms. The Balaban J connectivity index is 1.81. The van der Waals surface area contributed by atoms with E-state index in [0.717, 1.165) is 21.9 Å². The highest BCUT2D eigenvalue weighted by molar-refractivity contribution is 7.09. The van der Waals surface area contributed by atoms with Gasteiger partial charge in [-0.3, -0.25) is 0 Å². The zero-order valence-electron chi connectivity index (χ0n) is 10.2. The molecule has 0 atom stereocenters. The minimum absolute atomic E-state index is 0.636. The average Bonchev–Trinajstić information content (AvgIpc) is 2.93. The summed E-state index contributed by atoms with van der Waals surface area (Å²) in [4.78, 5) is 8.84. The zero-order chi connectivity index (χ0) is 12.5. The molecule has 3 aromatic rings. The Kier molecular flexibility index (Phi) is 2.71. The van der Waals surface area contributed by atoms with E-state index in [9.17, 15) is 0 Å². The molecule has 0 saturated carbocycles. The van der Waals surface area contributed by atoms with E-state index in [1.54, 1.807) is 15.9 Å². The van der Waals surface area contributed by atoms with Crippen LogP contribution in [0.1, 0.15) is 16.3 Å². The van der Waals surface area contributed by atoms with Crippen LogP contribution < -0.4 is 5.32 Å². The van der Waals surface area contributed by atoms with E-state index in [0.29, 0.717) is 12.5 Å². The van der Waals surface area contributed by atoms with Crippen molar-refractivity contribution in [1.82, 2.24) is 19.6 Å². The molecule has 0 aliphatic rings. The van der Waals surface area contributed by atoms with Gasteiger partial charge < -0.3 is 5.32 Å². The van der Waals surface area contributed by atoms with Crippen molar-refractivity contribution in [2.75, 3.05) is 5.32 Å². The lowest BCUT2D eigenvalue weighted by molar-refractivity contribution is 0.943. The van der Waals surface area contributed by atoms with E-state index in [1.807, 2.05) is 37.6 Å². The number of aryl methyl sites for hydroxylation is 2. The first kappa shape index (κ1) is 11.2. The van der Waals surface area contributed by atoms with Crippen molar-refractivity contribution in [2.24, 2.45) is 0 Å². The summed E-state index contributed by atoms with van der Waals surface area (Å²) in [5, 5.41) is 10.6. The largest absolute Gasteiger partial charge is 0.346 e. The first-order valence-electron chi connectivity index (χ1n) is 5.69.